The maximum absolute atomic E-state index is 12.2. The summed E-state index contributed by atoms with van der Waals surface area (Å²) in [5.74, 6) is 0.674. The van der Waals surface area contributed by atoms with E-state index in [9.17, 15) is 4.39 Å². The van der Waals surface area contributed by atoms with Crippen LogP contribution < -0.4 is 5.32 Å². The number of nitrogens with one attached hydrogen (secondary N) is 1. The first kappa shape index (κ1) is 10.2. The molecule has 0 spiro atoms. The van der Waals surface area contributed by atoms with Gasteiger partial charge in [0.05, 0.1) is 0 Å². The highest BCUT2D eigenvalue weighted by Gasteiger charge is 2.27. The van der Waals surface area contributed by atoms with Crippen molar-refractivity contribution in [2.24, 2.45) is 5.92 Å². The zero-order chi connectivity index (χ0) is 6.69. The Morgan fingerprint density at radius 3 is 2.50 bits per heavy atom. The Morgan fingerprint density at radius 1 is 1.50 bits per heavy atom. The number of hydrogen-bond acceptors (Lipinski definition) is 1. The highest BCUT2D eigenvalue weighted by molar-refractivity contribution is 5.85. The van der Waals surface area contributed by atoms with Crippen molar-refractivity contribution in [3.05, 3.63) is 0 Å². The fourth-order valence-corrected chi connectivity index (χ4v) is 1.24. The molecule has 10 heavy (non-hydrogen) atoms. The second kappa shape index (κ2) is 4.91. The van der Waals surface area contributed by atoms with Crippen LogP contribution in [0, 0.1) is 5.92 Å². The molecule has 1 saturated carbocycles. The molecule has 0 aromatic heterocycles. The van der Waals surface area contributed by atoms with E-state index >= 15 is 0 Å². The Hall–Kier alpha value is 0.180. The fourth-order valence-electron chi connectivity index (χ4n) is 1.24. The largest absolute Gasteiger partial charge is 0.320 e. The molecule has 62 valence electrons. The lowest BCUT2D eigenvalue weighted by Gasteiger charge is -2.29. The quantitative estimate of drug-likeness (QED) is 0.676. The molecule has 0 aromatic carbocycles. The molecule has 0 atom stereocenters. The van der Waals surface area contributed by atoms with Gasteiger partial charge in [0.15, 0.2) is 0 Å². The second-order valence-corrected chi connectivity index (χ2v) is 2.83. The molecule has 0 heterocycles. The number of halogens is 2. The van der Waals surface area contributed by atoms with Crippen molar-refractivity contribution in [3.8, 4) is 0 Å². The van der Waals surface area contributed by atoms with E-state index in [0.29, 0.717) is 5.92 Å². The van der Waals surface area contributed by atoms with E-state index in [2.05, 4.69) is 5.32 Å². The molecule has 0 amide bonds. The molecule has 0 radical (unpaired) electrons. The average molecular weight is 168 g/mol. The van der Waals surface area contributed by atoms with Crippen LogP contribution in [0.2, 0.25) is 0 Å². The molecular weight excluding hydrogens is 153 g/mol. The van der Waals surface area contributed by atoms with E-state index in [1.165, 1.54) is 0 Å². The molecule has 0 saturated heterocycles. The third-order valence-electron chi connectivity index (χ3n) is 1.98. The van der Waals surface area contributed by atoms with Gasteiger partial charge in [-0.25, -0.2) is 4.39 Å². The van der Waals surface area contributed by atoms with Crippen LogP contribution in [0.5, 0.6) is 0 Å². The summed E-state index contributed by atoms with van der Waals surface area (Å²) in [6.07, 6.45) is 2.28. The lowest BCUT2D eigenvalue weighted by molar-refractivity contribution is 0.125. The summed E-state index contributed by atoms with van der Waals surface area (Å²) in [6.45, 7) is 1.04. The minimum absolute atomic E-state index is 0. The SMILES string of the molecule is CNCCC1CC(F)C1.Cl. The first-order valence-electron chi connectivity index (χ1n) is 3.61. The first-order chi connectivity index (χ1) is 4.33. The third-order valence-corrected chi connectivity index (χ3v) is 1.98. The van der Waals surface area contributed by atoms with Crippen molar-refractivity contribution < 1.29 is 4.39 Å². The van der Waals surface area contributed by atoms with E-state index in [0.717, 1.165) is 25.8 Å². The monoisotopic (exact) mass is 167 g/mol. The molecule has 0 bridgehead atoms. The average Bonchev–Trinajstić information content (AvgIpc) is 1.78. The van der Waals surface area contributed by atoms with Crippen molar-refractivity contribution >= 4 is 12.4 Å². The van der Waals surface area contributed by atoms with Gasteiger partial charge in [-0.05, 0) is 38.8 Å². The Kier molecular flexibility index (Phi) is 5.00. The lowest BCUT2D eigenvalue weighted by atomic mass is 9.81. The summed E-state index contributed by atoms with van der Waals surface area (Å²) in [6, 6.07) is 0. The van der Waals surface area contributed by atoms with Gasteiger partial charge in [0.2, 0.25) is 0 Å². The topological polar surface area (TPSA) is 12.0 Å². The van der Waals surface area contributed by atoms with Gasteiger partial charge in [-0.2, -0.15) is 0 Å². The molecule has 0 unspecified atom stereocenters. The molecule has 1 aliphatic carbocycles. The van der Waals surface area contributed by atoms with Gasteiger partial charge in [-0.3, -0.25) is 0 Å². The van der Waals surface area contributed by atoms with Crippen LogP contribution in [-0.2, 0) is 0 Å². The van der Waals surface area contributed by atoms with Crippen LogP contribution in [-0.4, -0.2) is 19.8 Å². The molecule has 1 fully saturated rings. The van der Waals surface area contributed by atoms with Crippen LogP contribution >= 0.6 is 12.4 Å². The van der Waals surface area contributed by atoms with Crippen LogP contribution in [0.15, 0.2) is 0 Å². The van der Waals surface area contributed by atoms with Crippen molar-refractivity contribution in [2.75, 3.05) is 13.6 Å². The third kappa shape index (κ3) is 2.84. The zero-order valence-electron chi connectivity index (χ0n) is 6.27. The van der Waals surface area contributed by atoms with Gasteiger partial charge in [-0.15, -0.1) is 12.4 Å². The standard InChI is InChI=1S/C7H14FN.ClH/c1-9-3-2-6-4-7(8)5-6;/h6-7,9H,2-5H2,1H3;1H. The number of rotatable bonds is 3. The maximum atomic E-state index is 12.2. The molecule has 1 nitrogen and oxygen atoms in total. The minimum Gasteiger partial charge on any atom is -0.320 e. The van der Waals surface area contributed by atoms with E-state index in [-0.39, 0.29) is 12.4 Å². The van der Waals surface area contributed by atoms with E-state index in [1.807, 2.05) is 7.05 Å². The zero-order valence-corrected chi connectivity index (χ0v) is 7.09. The van der Waals surface area contributed by atoms with Crippen molar-refractivity contribution in [2.45, 2.75) is 25.4 Å². The smallest absolute Gasteiger partial charge is 0.101 e. The van der Waals surface area contributed by atoms with Gasteiger partial charge < -0.3 is 5.32 Å². The summed E-state index contributed by atoms with van der Waals surface area (Å²) in [5.41, 5.74) is 0. The molecule has 0 aliphatic heterocycles. The van der Waals surface area contributed by atoms with Gasteiger partial charge in [0.1, 0.15) is 6.17 Å². The van der Waals surface area contributed by atoms with Crippen molar-refractivity contribution in [1.29, 1.82) is 0 Å². The molecule has 1 aliphatic rings. The summed E-state index contributed by atoms with van der Waals surface area (Å²) in [4.78, 5) is 0. The van der Waals surface area contributed by atoms with Crippen LogP contribution in [0.3, 0.4) is 0 Å². The summed E-state index contributed by atoms with van der Waals surface area (Å²) >= 11 is 0. The fraction of sp³-hybridized carbons (Fsp3) is 1.00. The van der Waals surface area contributed by atoms with Crippen molar-refractivity contribution in [1.82, 2.24) is 5.32 Å². The predicted molar refractivity (Wildman–Crippen MR) is 43.4 cm³/mol. The van der Waals surface area contributed by atoms with E-state index < -0.39 is 6.17 Å². The Morgan fingerprint density at radius 2 is 2.10 bits per heavy atom. The molecule has 1 rings (SSSR count). The van der Waals surface area contributed by atoms with Gasteiger partial charge in [-0.1, -0.05) is 0 Å². The Bertz CT molecular complexity index is 83.7. The maximum Gasteiger partial charge on any atom is 0.101 e. The highest BCUT2D eigenvalue weighted by Crippen LogP contribution is 2.31. The Balaban J connectivity index is 0.000000810. The van der Waals surface area contributed by atoms with Gasteiger partial charge in [0.25, 0.3) is 0 Å². The normalized spacial score (nSPS) is 30.6. The molecular formula is C7H15ClFN. The minimum atomic E-state index is -0.480. The lowest BCUT2D eigenvalue weighted by Crippen LogP contribution is -2.27. The summed E-state index contributed by atoms with van der Waals surface area (Å²) in [5, 5.41) is 3.06. The van der Waals surface area contributed by atoms with Crippen LogP contribution in [0.25, 0.3) is 0 Å². The molecule has 1 N–H and O–H groups in total. The van der Waals surface area contributed by atoms with Crippen LogP contribution in [0.1, 0.15) is 19.3 Å². The first-order valence-corrected chi connectivity index (χ1v) is 3.61. The molecule has 0 aromatic rings. The van der Waals surface area contributed by atoms with Gasteiger partial charge >= 0.3 is 0 Å². The second-order valence-electron chi connectivity index (χ2n) is 2.83. The van der Waals surface area contributed by atoms with E-state index in [1.54, 1.807) is 0 Å². The van der Waals surface area contributed by atoms with E-state index in [4.69, 9.17) is 0 Å². The predicted octanol–water partition coefficient (Wildman–Crippen LogP) is 1.77. The summed E-state index contributed by atoms with van der Waals surface area (Å²) < 4.78 is 12.2. The van der Waals surface area contributed by atoms with Crippen molar-refractivity contribution in [3.63, 3.8) is 0 Å². The highest BCUT2D eigenvalue weighted by atomic mass is 35.5. The molecule has 3 heteroatoms. The summed E-state index contributed by atoms with van der Waals surface area (Å²) in [7, 11) is 1.94. The number of alkyl halides is 1. The van der Waals surface area contributed by atoms with Crippen LogP contribution in [0.4, 0.5) is 4.39 Å². The Labute approximate surface area is 67.8 Å². The number of hydrogen-bond donors (Lipinski definition) is 1. The van der Waals surface area contributed by atoms with Gasteiger partial charge in [0, 0.05) is 0 Å².